The van der Waals surface area contributed by atoms with Gasteiger partial charge in [0, 0.05) is 12.1 Å². The van der Waals surface area contributed by atoms with Gasteiger partial charge in [0.1, 0.15) is 0 Å². The van der Waals surface area contributed by atoms with Crippen LogP contribution in [0.3, 0.4) is 0 Å². The van der Waals surface area contributed by atoms with E-state index in [-0.39, 0.29) is 12.6 Å². The van der Waals surface area contributed by atoms with E-state index in [1.165, 1.54) is 0 Å². The molecule has 7 nitrogen and oxygen atoms in total. The molecule has 1 aliphatic rings. The van der Waals surface area contributed by atoms with Crippen molar-refractivity contribution in [2.45, 2.75) is 64.0 Å². The fourth-order valence-corrected chi connectivity index (χ4v) is 3.59. The van der Waals surface area contributed by atoms with E-state index in [4.69, 9.17) is 10.5 Å². The average Bonchev–Trinajstić information content (AvgIpc) is 2.52. The standard InChI is InChI=1S/C12H25N3O4S/c1-10(2)19-11(16)14-20(17,18)15-12(9-13)7-5-3-4-6-8-12/h10,15H,3-9,13H2,1-2H3,(H,14,16). The normalized spacial score (nSPS) is 19.4. The Labute approximate surface area is 120 Å². The Bertz CT molecular complexity index is 414. The van der Waals surface area contributed by atoms with E-state index < -0.39 is 21.8 Å². The van der Waals surface area contributed by atoms with Gasteiger partial charge >= 0.3 is 16.3 Å². The maximum atomic E-state index is 12.0. The summed E-state index contributed by atoms with van der Waals surface area (Å²) in [6, 6.07) is 0. The van der Waals surface area contributed by atoms with Gasteiger partial charge in [-0.1, -0.05) is 25.7 Å². The van der Waals surface area contributed by atoms with E-state index in [1.807, 2.05) is 4.72 Å². The van der Waals surface area contributed by atoms with Crippen LogP contribution in [0.4, 0.5) is 4.79 Å². The number of ether oxygens (including phenoxy) is 1. The van der Waals surface area contributed by atoms with Crippen LogP contribution < -0.4 is 15.2 Å². The maximum Gasteiger partial charge on any atom is 0.422 e. The summed E-state index contributed by atoms with van der Waals surface area (Å²) in [4.78, 5) is 11.4. The number of hydrogen-bond acceptors (Lipinski definition) is 5. The summed E-state index contributed by atoms with van der Waals surface area (Å²) in [6.07, 6.45) is 4.01. The lowest BCUT2D eigenvalue weighted by Crippen LogP contribution is -2.57. The zero-order chi connectivity index (χ0) is 15.2. The van der Waals surface area contributed by atoms with Crippen molar-refractivity contribution in [3.05, 3.63) is 0 Å². The van der Waals surface area contributed by atoms with Crippen LogP contribution >= 0.6 is 0 Å². The van der Waals surface area contributed by atoms with E-state index in [0.29, 0.717) is 12.8 Å². The SMILES string of the molecule is CC(C)OC(=O)NS(=O)(=O)NC1(CN)CCCCCC1. The second-order valence-electron chi connectivity index (χ2n) is 5.56. The summed E-state index contributed by atoms with van der Waals surface area (Å²) in [5.41, 5.74) is 5.09. The Morgan fingerprint density at radius 2 is 1.80 bits per heavy atom. The molecule has 1 saturated carbocycles. The molecule has 0 atom stereocenters. The lowest BCUT2D eigenvalue weighted by Gasteiger charge is -2.31. The summed E-state index contributed by atoms with van der Waals surface area (Å²) in [5.74, 6) is 0. The molecule has 0 aromatic rings. The van der Waals surface area contributed by atoms with Crippen molar-refractivity contribution < 1.29 is 17.9 Å². The van der Waals surface area contributed by atoms with E-state index in [2.05, 4.69) is 4.72 Å². The van der Waals surface area contributed by atoms with Crippen molar-refractivity contribution in [2.24, 2.45) is 5.73 Å². The van der Waals surface area contributed by atoms with Gasteiger partial charge in [0.15, 0.2) is 0 Å². The molecule has 0 aliphatic heterocycles. The molecule has 1 fully saturated rings. The molecular weight excluding hydrogens is 282 g/mol. The van der Waals surface area contributed by atoms with Gasteiger partial charge in [0.2, 0.25) is 0 Å². The van der Waals surface area contributed by atoms with Gasteiger partial charge in [0.05, 0.1) is 6.10 Å². The molecule has 1 amide bonds. The Kier molecular flexibility index (Phi) is 6.22. The van der Waals surface area contributed by atoms with E-state index in [0.717, 1.165) is 25.7 Å². The lowest BCUT2D eigenvalue weighted by molar-refractivity contribution is 0.121. The predicted molar refractivity (Wildman–Crippen MR) is 76.3 cm³/mol. The highest BCUT2D eigenvalue weighted by atomic mass is 32.2. The number of nitrogens with one attached hydrogen (secondary N) is 2. The monoisotopic (exact) mass is 307 g/mol. The summed E-state index contributed by atoms with van der Waals surface area (Å²) in [7, 11) is -3.97. The number of rotatable bonds is 5. The molecule has 4 N–H and O–H groups in total. The molecule has 0 aromatic heterocycles. The molecule has 118 valence electrons. The zero-order valence-corrected chi connectivity index (χ0v) is 13.0. The summed E-state index contributed by atoms with van der Waals surface area (Å²) in [5, 5.41) is 0. The van der Waals surface area contributed by atoms with Crippen LogP contribution in [0.5, 0.6) is 0 Å². The number of carbonyl (C=O) groups is 1. The molecule has 0 unspecified atom stereocenters. The molecule has 8 heteroatoms. The first-order valence-corrected chi connectivity index (χ1v) is 8.49. The van der Waals surface area contributed by atoms with Crippen LogP contribution in [0.1, 0.15) is 52.4 Å². The minimum Gasteiger partial charge on any atom is -0.446 e. The predicted octanol–water partition coefficient (Wildman–Crippen LogP) is 1.01. The van der Waals surface area contributed by atoms with Crippen molar-refractivity contribution in [3.8, 4) is 0 Å². The Morgan fingerprint density at radius 1 is 1.25 bits per heavy atom. The number of carbonyl (C=O) groups excluding carboxylic acids is 1. The second kappa shape index (κ2) is 7.24. The third-order valence-corrected chi connectivity index (χ3v) is 4.50. The van der Waals surface area contributed by atoms with Crippen molar-refractivity contribution >= 4 is 16.3 Å². The highest BCUT2D eigenvalue weighted by Gasteiger charge is 2.34. The topological polar surface area (TPSA) is 111 Å². The molecule has 20 heavy (non-hydrogen) atoms. The molecule has 1 rings (SSSR count). The van der Waals surface area contributed by atoms with Crippen molar-refractivity contribution in [3.63, 3.8) is 0 Å². The molecule has 0 spiro atoms. The van der Waals surface area contributed by atoms with Crippen LogP contribution in [0.15, 0.2) is 0 Å². The molecule has 0 bridgehead atoms. The third-order valence-electron chi connectivity index (χ3n) is 3.36. The van der Waals surface area contributed by atoms with Crippen LogP contribution in [-0.2, 0) is 14.9 Å². The lowest BCUT2D eigenvalue weighted by atomic mass is 9.92. The van der Waals surface area contributed by atoms with Crippen LogP contribution in [0, 0.1) is 0 Å². The summed E-state index contributed by atoms with van der Waals surface area (Å²) in [6.45, 7) is 3.51. The second-order valence-corrected chi connectivity index (χ2v) is 6.98. The molecular formula is C12H25N3O4S. The fourth-order valence-electron chi connectivity index (χ4n) is 2.41. The van der Waals surface area contributed by atoms with Crippen molar-refractivity contribution in [1.82, 2.24) is 9.44 Å². The van der Waals surface area contributed by atoms with E-state index >= 15 is 0 Å². The van der Waals surface area contributed by atoms with Gasteiger partial charge < -0.3 is 10.5 Å². The van der Waals surface area contributed by atoms with E-state index in [9.17, 15) is 13.2 Å². The summed E-state index contributed by atoms with van der Waals surface area (Å²) < 4.78 is 33.1. The van der Waals surface area contributed by atoms with Gasteiger partial charge in [-0.15, -0.1) is 0 Å². The van der Waals surface area contributed by atoms with Gasteiger partial charge in [-0.3, -0.25) is 0 Å². The van der Waals surface area contributed by atoms with Crippen molar-refractivity contribution in [1.29, 1.82) is 0 Å². The molecule has 0 radical (unpaired) electrons. The number of amides is 1. The smallest absolute Gasteiger partial charge is 0.422 e. The Balaban J connectivity index is 2.69. The van der Waals surface area contributed by atoms with Crippen LogP contribution in [0.25, 0.3) is 0 Å². The number of nitrogens with two attached hydrogens (primary N) is 1. The first-order valence-electron chi connectivity index (χ1n) is 7.01. The first kappa shape index (κ1) is 17.2. The van der Waals surface area contributed by atoms with Crippen LogP contribution in [-0.4, -0.2) is 32.7 Å². The van der Waals surface area contributed by atoms with Gasteiger partial charge in [0.25, 0.3) is 0 Å². The highest BCUT2D eigenvalue weighted by molar-refractivity contribution is 7.88. The molecule has 0 saturated heterocycles. The molecule has 1 aliphatic carbocycles. The largest absolute Gasteiger partial charge is 0.446 e. The Morgan fingerprint density at radius 3 is 2.25 bits per heavy atom. The van der Waals surface area contributed by atoms with Crippen molar-refractivity contribution in [2.75, 3.05) is 6.54 Å². The minimum absolute atomic E-state index is 0.215. The van der Waals surface area contributed by atoms with Gasteiger partial charge in [-0.05, 0) is 26.7 Å². The van der Waals surface area contributed by atoms with Gasteiger partial charge in [-0.25, -0.2) is 9.52 Å². The average molecular weight is 307 g/mol. The third kappa shape index (κ3) is 5.64. The fraction of sp³-hybridized carbons (Fsp3) is 0.917. The molecule has 0 heterocycles. The van der Waals surface area contributed by atoms with E-state index in [1.54, 1.807) is 13.8 Å². The summed E-state index contributed by atoms with van der Waals surface area (Å²) >= 11 is 0. The number of hydrogen-bond donors (Lipinski definition) is 3. The maximum absolute atomic E-state index is 12.0. The molecule has 0 aromatic carbocycles. The zero-order valence-electron chi connectivity index (χ0n) is 12.1. The van der Waals surface area contributed by atoms with Gasteiger partial charge in [-0.2, -0.15) is 13.1 Å². The van der Waals surface area contributed by atoms with Crippen LogP contribution in [0.2, 0.25) is 0 Å². The quantitative estimate of drug-likeness (QED) is 0.656. The Hall–Kier alpha value is -0.860. The highest BCUT2D eigenvalue weighted by Crippen LogP contribution is 2.26. The first-order chi connectivity index (χ1) is 9.29. The minimum atomic E-state index is -3.97.